The van der Waals surface area contributed by atoms with Crippen LogP contribution in [0.5, 0.6) is 0 Å². The van der Waals surface area contributed by atoms with Gasteiger partial charge in [-0.2, -0.15) is 0 Å². The summed E-state index contributed by atoms with van der Waals surface area (Å²) in [6, 6.07) is 0. The van der Waals surface area contributed by atoms with Crippen molar-refractivity contribution in [3.05, 3.63) is 0 Å². The first-order valence-corrected chi connectivity index (χ1v) is 5.36. The van der Waals surface area contributed by atoms with Crippen LogP contribution in [0.25, 0.3) is 0 Å². The molecule has 90 valence electrons. The van der Waals surface area contributed by atoms with E-state index in [2.05, 4.69) is 13.8 Å². The molecule has 0 spiro atoms. The third kappa shape index (κ3) is 7.19. The monoisotopic (exact) mass is 217 g/mol. The van der Waals surface area contributed by atoms with Crippen LogP contribution >= 0.6 is 0 Å². The summed E-state index contributed by atoms with van der Waals surface area (Å²) in [4.78, 5) is 10.6. The Labute approximate surface area is 91.8 Å². The molecule has 0 saturated carbocycles. The van der Waals surface area contributed by atoms with E-state index < -0.39 is 11.7 Å². The van der Waals surface area contributed by atoms with Crippen molar-refractivity contribution in [2.45, 2.75) is 46.1 Å². The van der Waals surface area contributed by atoms with Gasteiger partial charge in [0.1, 0.15) is 5.60 Å². The molecule has 1 amide bonds. The molecule has 1 atom stereocenters. The fraction of sp³-hybridized carbons (Fsp3) is 0.909. The average molecular weight is 217 g/mol. The molecule has 0 unspecified atom stereocenters. The number of hydrogen-bond donors (Lipinski definition) is 2. The summed E-state index contributed by atoms with van der Waals surface area (Å²) >= 11 is 0. The van der Waals surface area contributed by atoms with E-state index in [9.17, 15) is 9.90 Å². The molecular weight excluding hydrogens is 194 g/mol. The molecule has 0 aromatic heterocycles. The first kappa shape index (κ1) is 14.2. The number of hydrogen-bond acceptors (Lipinski definition) is 3. The highest BCUT2D eigenvalue weighted by Crippen LogP contribution is 2.25. The number of carbonyl (C=O) groups excluding carboxylic acids is 1. The van der Waals surface area contributed by atoms with Crippen molar-refractivity contribution in [2.24, 2.45) is 17.6 Å². The standard InChI is InChI=1S/C11H23NO3/c1-8(2)5-9(7-13)6-11(3,4)15-10(12)14/h8-9,13H,5-7H2,1-4H3,(H2,12,14)/t9-/m0/s1. The van der Waals surface area contributed by atoms with Crippen molar-refractivity contribution in [3.8, 4) is 0 Å². The van der Waals surface area contributed by atoms with Crippen molar-refractivity contribution in [1.29, 1.82) is 0 Å². The van der Waals surface area contributed by atoms with E-state index in [4.69, 9.17) is 10.5 Å². The molecule has 0 saturated heterocycles. The number of carbonyl (C=O) groups is 1. The summed E-state index contributed by atoms with van der Waals surface area (Å²) in [5.74, 6) is 0.672. The molecule has 0 aliphatic rings. The number of rotatable bonds is 6. The van der Waals surface area contributed by atoms with Gasteiger partial charge in [0.2, 0.25) is 0 Å². The van der Waals surface area contributed by atoms with Gasteiger partial charge in [0.25, 0.3) is 0 Å². The SMILES string of the molecule is CC(C)C[C@H](CO)CC(C)(C)OC(N)=O. The van der Waals surface area contributed by atoms with Gasteiger partial charge in [-0.3, -0.25) is 0 Å². The Balaban J connectivity index is 4.20. The Morgan fingerprint density at radius 3 is 2.33 bits per heavy atom. The lowest BCUT2D eigenvalue weighted by Crippen LogP contribution is -2.34. The van der Waals surface area contributed by atoms with Gasteiger partial charge in [-0.15, -0.1) is 0 Å². The maximum atomic E-state index is 10.6. The summed E-state index contributed by atoms with van der Waals surface area (Å²) in [5, 5.41) is 9.20. The molecule has 0 rings (SSSR count). The highest BCUT2D eigenvalue weighted by Gasteiger charge is 2.26. The van der Waals surface area contributed by atoms with Gasteiger partial charge < -0.3 is 15.6 Å². The molecule has 15 heavy (non-hydrogen) atoms. The average Bonchev–Trinajstić information content (AvgIpc) is 1.98. The van der Waals surface area contributed by atoms with Crippen LogP contribution < -0.4 is 5.73 Å². The van der Waals surface area contributed by atoms with E-state index in [1.54, 1.807) is 13.8 Å². The smallest absolute Gasteiger partial charge is 0.405 e. The third-order valence-electron chi connectivity index (χ3n) is 2.22. The van der Waals surface area contributed by atoms with Crippen LogP contribution in [0.15, 0.2) is 0 Å². The molecule has 0 fully saturated rings. The number of primary amides is 1. The minimum Gasteiger partial charge on any atom is -0.444 e. The zero-order chi connectivity index (χ0) is 12.1. The lowest BCUT2D eigenvalue weighted by molar-refractivity contribution is 0.0153. The second-order valence-electron chi connectivity index (χ2n) is 5.06. The summed E-state index contributed by atoms with van der Waals surface area (Å²) < 4.78 is 4.98. The second-order valence-corrected chi connectivity index (χ2v) is 5.06. The van der Waals surface area contributed by atoms with Crippen LogP contribution in [-0.4, -0.2) is 23.4 Å². The molecule has 0 heterocycles. The lowest BCUT2D eigenvalue weighted by Gasteiger charge is -2.28. The molecule has 0 aliphatic carbocycles. The van der Waals surface area contributed by atoms with Crippen LogP contribution in [0.3, 0.4) is 0 Å². The second kappa shape index (κ2) is 5.95. The van der Waals surface area contributed by atoms with Crippen molar-refractivity contribution >= 4 is 6.09 Å². The lowest BCUT2D eigenvalue weighted by atomic mass is 9.88. The van der Waals surface area contributed by atoms with Gasteiger partial charge in [0.05, 0.1) is 0 Å². The van der Waals surface area contributed by atoms with Crippen molar-refractivity contribution < 1.29 is 14.6 Å². The molecule has 0 bridgehead atoms. The fourth-order valence-electron chi connectivity index (χ4n) is 1.90. The predicted molar refractivity (Wildman–Crippen MR) is 59.4 cm³/mol. The minimum atomic E-state index is -0.763. The van der Waals surface area contributed by atoms with Gasteiger partial charge in [-0.1, -0.05) is 13.8 Å². The van der Waals surface area contributed by atoms with E-state index in [1.165, 1.54) is 0 Å². The van der Waals surface area contributed by atoms with E-state index in [0.717, 1.165) is 6.42 Å². The first-order valence-electron chi connectivity index (χ1n) is 5.36. The van der Waals surface area contributed by atoms with Gasteiger partial charge >= 0.3 is 6.09 Å². The highest BCUT2D eigenvalue weighted by molar-refractivity contribution is 5.65. The van der Waals surface area contributed by atoms with E-state index in [1.807, 2.05) is 0 Å². The molecule has 0 radical (unpaired) electrons. The quantitative estimate of drug-likeness (QED) is 0.713. The zero-order valence-corrected chi connectivity index (χ0v) is 10.1. The van der Waals surface area contributed by atoms with Crippen molar-refractivity contribution in [3.63, 3.8) is 0 Å². The summed E-state index contributed by atoms with van der Waals surface area (Å²) in [7, 11) is 0. The van der Waals surface area contributed by atoms with Gasteiger partial charge in [-0.25, -0.2) is 4.79 Å². The van der Waals surface area contributed by atoms with Crippen LogP contribution in [0, 0.1) is 11.8 Å². The molecule has 4 heteroatoms. The third-order valence-corrected chi connectivity index (χ3v) is 2.22. The fourth-order valence-corrected chi connectivity index (χ4v) is 1.90. The topological polar surface area (TPSA) is 72.6 Å². The Morgan fingerprint density at radius 2 is 2.00 bits per heavy atom. The molecular formula is C11H23NO3. The summed E-state index contributed by atoms with van der Waals surface area (Å²) in [6.45, 7) is 7.93. The first-order chi connectivity index (χ1) is 6.76. The highest BCUT2D eigenvalue weighted by atomic mass is 16.6. The number of ether oxygens (including phenoxy) is 1. The number of amides is 1. The number of aliphatic hydroxyl groups is 1. The molecule has 0 aromatic rings. The largest absolute Gasteiger partial charge is 0.444 e. The number of nitrogens with two attached hydrogens (primary N) is 1. The van der Waals surface area contributed by atoms with Crippen LogP contribution in [0.4, 0.5) is 4.79 Å². The van der Waals surface area contributed by atoms with Crippen molar-refractivity contribution in [1.82, 2.24) is 0 Å². The minimum absolute atomic E-state index is 0.115. The van der Waals surface area contributed by atoms with Gasteiger partial charge in [0.15, 0.2) is 0 Å². The Kier molecular flexibility index (Phi) is 5.65. The van der Waals surface area contributed by atoms with E-state index in [-0.39, 0.29) is 12.5 Å². The molecule has 0 aromatic carbocycles. The van der Waals surface area contributed by atoms with E-state index in [0.29, 0.717) is 12.3 Å². The Morgan fingerprint density at radius 1 is 1.47 bits per heavy atom. The van der Waals surface area contributed by atoms with Crippen LogP contribution in [0.2, 0.25) is 0 Å². The molecule has 3 N–H and O–H groups in total. The van der Waals surface area contributed by atoms with Crippen LogP contribution in [0.1, 0.15) is 40.5 Å². The summed E-state index contributed by atoms with van der Waals surface area (Å²) in [5.41, 5.74) is 4.37. The zero-order valence-electron chi connectivity index (χ0n) is 10.1. The van der Waals surface area contributed by atoms with E-state index >= 15 is 0 Å². The molecule has 0 aliphatic heterocycles. The maximum absolute atomic E-state index is 10.6. The predicted octanol–water partition coefficient (Wildman–Crippen LogP) is 1.91. The van der Waals surface area contributed by atoms with Crippen LogP contribution in [-0.2, 0) is 4.74 Å². The van der Waals surface area contributed by atoms with Gasteiger partial charge in [-0.05, 0) is 38.5 Å². The summed E-state index contributed by atoms with van der Waals surface area (Å²) in [6.07, 6.45) is 0.786. The number of aliphatic hydroxyl groups excluding tert-OH is 1. The van der Waals surface area contributed by atoms with Crippen molar-refractivity contribution in [2.75, 3.05) is 6.61 Å². The Hall–Kier alpha value is -0.770. The normalized spacial score (nSPS) is 14.0. The van der Waals surface area contributed by atoms with Gasteiger partial charge in [0, 0.05) is 6.61 Å². The Bertz CT molecular complexity index is 202. The maximum Gasteiger partial charge on any atom is 0.405 e. The molecule has 4 nitrogen and oxygen atoms in total.